The van der Waals surface area contributed by atoms with E-state index in [0.29, 0.717) is 15.6 Å². The molecule has 10 heteroatoms. The van der Waals surface area contributed by atoms with Crippen molar-refractivity contribution >= 4 is 40.5 Å². The second-order valence-corrected chi connectivity index (χ2v) is 5.96. The highest BCUT2D eigenvalue weighted by atomic mass is 35.5. The Kier molecular flexibility index (Phi) is 5.55. The molecule has 0 radical (unpaired) electrons. The van der Waals surface area contributed by atoms with Gasteiger partial charge in [0, 0.05) is 22.2 Å². The fourth-order valence-electron chi connectivity index (χ4n) is 2.15. The van der Waals surface area contributed by atoms with Crippen LogP contribution in [0.1, 0.15) is 28.9 Å². The van der Waals surface area contributed by atoms with Gasteiger partial charge < -0.3 is 5.32 Å². The number of halogens is 2. The molecule has 2 aromatic rings. The summed E-state index contributed by atoms with van der Waals surface area (Å²) in [6.07, 6.45) is 0. The lowest BCUT2D eigenvalue weighted by Gasteiger charge is -2.16. The predicted octanol–water partition coefficient (Wildman–Crippen LogP) is 4.30. The Bertz CT molecular complexity index is 840. The standard InChI is InChI=1S/C15H11Cl2N3O5/c1-8(13-3-2-10(16)6-14(13)17)18-15(21)9-4-11(19(22)23)7-12(5-9)20(24)25/h2-8H,1H3,(H,18,21). The summed E-state index contributed by atoms with van der Waals surface area (Å²) in [4.78, 5) is 32.5. The second-order valence-electron chi connectivity index (χ2n) is 5.11. The first kappa shape index (κ1) is 18.6. The molecule has 0 bridgehead atoms. The first-order chi connectivity index (χ1) is 11.7. The maximum Gasteiger partial charge on any atom is 0.277 e. The number of non-ortho nitro benzene ring substituents is 2. The second kappa shape index (κ2) is 7.45. The fraction of sp³-hybridized carbons (Fsp3) is 0.133. The fourth-order valence-corrected chi connectivity index (χ4v) is 2.72. The van der Waals surface area contributed by atoms with Crippen LogP contribution in [-0.2, 0) is 0 Å². The largest absolute Gasteiger partial charge is 0.345 e. The van der Waals surface area contributed by atoms with Gasteiger partial charge in [-0.3, -0.25) is 25.0 Å². The molecule has 0 saturated heterocycles. The number of nitrogens with zero attached hydrogens (tertiary/aromatic N) is 2. The van der Waals surface area contributed by atoms with Crippen molar-refractivity contribution in [2.24, 2.45) is 0 Å². The number of rotatable bonds is 5. The lowest BCUT2D eigenvalue weighted by Crippen LogP contribution is -2.27. The summed E-state index contributed by atoms with van der Waals surface area (Å²) in [6.45, 7) is 1.65. The van der Waals surface area contributed by atoms with Crippen LogP contribution in [0.5, 0.6) is 0 Å². The van der Waals surface area contributed by atoms with Gasteiger partial charge in [-0.05, 0) is 24.6 Å². The van der Waals surface area contributed by atoms with E-state index >= 15 is 0 Å². The molecule has 0 aliphatic heterocycles. The van der Waals surface area contributed by atoms with Crippen molar-refractivity contribution in [3.05, 3.63) is 77.8 Å². The SMILES string of the molecule is CC(NC(=O)c1cc([N+](=O)[O-])cc([N+](=O)[O-])c1)c1ccc(Cl)cc1Cl. The van der Waals surface area contributed by atoms with Crippen LogP contribution in [0.2, 0.25) is 10.0 Å². The highest BCUT2D eigenvalue weighted by molar-refractivity contribution is 6.35. The summed E-state index contributed by atoms with van der Waals surface area (Å²) in [5.74, 6) is -0.703. The van der Waals surface area contributed by atoms with E-state index in [1.165, 1.54) is 6.07 Å². The lowest BCUT2D eigenvalue weighted by molar-refractivity contribution is -0.394. The maximum atomic E-state index is 12.3. The van der Waals surface area contributed by atoms with Gasteiger partial charge in [-0.1, -0.05) is 29.3 Å². The number of nitro benzene ring substituents is 2. The minimum atomic E-state index is -0.802. The van der Waals surface area contributed by atoms with Crippen molar-refractivity contribution in [3.8, 4) is 0 Å². The molecule has 0 heterocycles. The molecular weight excluding hydrogens is 373 g/mol. The first-order valence-corrected chi connectivity index (χ1v) is 7.64. The quantitative estimate of drug-likeness (QED) is 0.610. The van der Waals surface area contributed by atoms with Crippen molar-refractivity contribution in [1.82, 2.24) is 5.32 Å². The highest BCUT2D eigenvalue weighted by Crippen LogP contribution is 2.27. The van der Waals surface area contributed by atoms with E-state index < -0.39 is 33.2 Å². The normalized spacial score (nSPS) is 11.6. The van der Waals surface area contributed by atoms with E-state index in [2.05, 4.69) is 5.32 Å². The van der Waals surface area contributed by atoms with Crippen molar-refractivity contribution in [3.63, 3.8) is 0 Å². The third-order valence-electron chi connectivity index (χ3n) is 3.36. The van der Waals surface area contributed by atoms with Crippen LogP contribution >= 0.6 is 23.2 Å². The molecule has 0 fully saturated rings. The van der Waals surface area contributed by atoms with Crippen molar-refractivity contribution < 1.29 is 14.6 Å². The summed E-state index contributed by atoms with van der Waals surface area (Å²) >= 11 is 11.9. The van der Waals surface area contributed by atoms with Gasteiger partial charge in [0.1, 0.15) is 0 Å². The Morgan fingerprint density at radius 3 is 2.08 bits per heavy atom. The predicted molar refractivity (Wildman–Crippen MR) is 92.1 cm³/mol. The molecule has 2 rings (SSSR count). The average Bonchev–Trinajstić information content (AvgIpc) is 2.53. The van der Waals surface area contributed by atoms with Gasteiger partial charge in [-0.15, -0.1) is 0 Å². The Balaban J connectivity index is 2.31. The Labute approximate surface area is 151 Å². The molecule has 1 unspecified atom stereocenters. The lowest BCUT2D eigenvalue weighted by atomic mass is 10.1. The molecule has 8 nitrogen and oxygen atoms in total. The zero-order chi connectivity index (χ0) is 18.7. The third kappa shape index (κ3) is 4.43. The Morgan fingerprint density at radius 1 is 1.04 bits per heavy atom. The molecule has 1 atom stereocenters. The first-order valence-electron chi connectivity index (χ1n) is 6.88. The minimum Gasteiger partial charge on any atom is -0.345 e. The number of hydrogen-bond donors (Lipinski definition) is 1. The number of carbonyl (C=O) groups is 1. The molecule has 0 aliphatic carbocycles. The maximum absolute atomic E-state index is 12.3. The van der Waals surface area contributed by atoms with Crippen LogP contribution < -0.4 is 5.32 Å². The van der Waals surface area contributed by atoms with E-state index in [9.17, 15) is 25.0 Å². The smallest absolute Gasteiger partial charge is 0.277 e. The number of carbonyl (C=O) groups excluding carboxylic acids is 1. The van der Waals surface area contributed by atoms with Gasteiger partial charge in [0.05, 0.1) is 27.5 Å². The Hall–Kier alpha value is -2.71. The van der Waals surface area contributed by atoms with Gasteiger partial charge in [0.15, 0.2) is 0 Å². The highest BCUT2D eigenvalue weighted by Gasteiger charge is 2.21. The molecule has 1 amide bonds. The number of amides is 1. The molecular formula is C15H11Cl2N3O5. The van der Waals surface area contributed by atoms with Crippen LogP contribution in [-0.4, -0.2) is 15.8 Å². The number of hydrogen-bond acceptors (Lipinski definition) is 5. The average molecular weight is 384 g/mol. The molecule has 130 valence electrons. The molecule has 0 aliphatic rings. The van der Waals surface area contributed by atoms with E-state index in [-0.39, 0.29) is 5.56 Å². The summed E-state index contributed by atoms with van der Waals surface area (Å²) < 4.78 is 0. The molecule has 1 N–H and O–H groups in total. The van der Waals surface area contributed by atoms with E-state index in [0.717, 1.165) is 18.2 Å². The van der Waals surface area contributed by atoms with Crippen molar-refractivity contribution in [2.45, 2.75) is 13.0 Å². The van der Waals surface area contributed by atoms with Crippen molar-refractivity contribution in [2.75, 3.05) is 0 Å². The van der Waals surface area contributed by atoms with Gasteiger partial charge >= 0.3 is 0 Å². The molecule has 25 heavy (non-hydrogen) atoms. The van der Waals surface area contributed by atoms with E-state index in [1.807, 2.05) is 0 Å². The number of nitro groups is 2. The minimum absolute atomic E-state index is 0.196. The zero-order valence-corrected chi connectivity index (χ0v) is 14.2. The summed E-state index contributed by atoms with van der Waals surface area (Å²) in [5.41, 5.74) is -0.703. The zero-order valence-electron chi connectivity index (χ0n) is 12.7. The molecule has 2 aromatic carbocycles. The molecule has 0 saturated carbocycles. The Morgan fingerprint density at radius 2 is 1.60 bits per heavy atom. The summed E-state index contributed by atoms with van der Waals surface area (Å²) in [5, 5.41) is 25.1. The summed E-state index contributed by atoms with van der Waals surface area (Å²) in [7, 11) is 0. The van der Waals surface area contributed by atoms with Gasteiger partial charge in [-0.2, -0.15) is 0 Å². The summed E-state index contributed by atoms with van der Waals surface area (Å²) in [6, 6.07) is 6.93. The topological polar surface area (TPSA) is 115 Å². The van der Waals surface area contributed by atoms with Crippen LogP contribution in [0.25, 0.3) is 0 Å². The van der Waals surface area contributed by atoms with Gasteiger partial charge in [-0.25, -0.2) is 0 Å². The van der Waals surface area contributed by atoms with Crippen LogP contribution in [0.15, 0.2) is 36.4 Å². The van der Waals surface area contributed by atoms with Gasteiger partial charge in [0.25, 0.3) is 17.3 Å². The number of benzene rings is 2. The van der Waals surface area contributed by atoms with Crippen LogP contribution in [0.3, 0.4) is 0 Å². The molecule has 0 aromatic heterocycles. The van der Waals surface area contributed by atoms with Crippen LogP contribution in [0, 0.1) is 20.2 Å². The monoisotopic (exact) mass is 383 g/mol. The van der Waals surface area contributed by atoms with Gasteiger partial charge in [0.2, 0.25) is 0 Å². The number of nitrogens with one attached hydrogen (secondary N) is 1. The van der Waals surface area contributed by atoms with Crippen LogP contribution in [0.4, 0.5) is 11.4 Å². The van der Waals surface area contributed by atoms with E-state index in [4.69, 9.17) is 23.2 Å². The van der Waals surface area contributed by atoms with Crippen molar-refractivity contribution in [1.29, 1.82) is 0 Å². The third-order valence-corrected chi connectivity index (χ3v) is 3.93. The molecule has 0 spiro atoms. The van der Waals surface area contributed by atoms with E-state index in [1.54, 1.807) is 19.1 Å².